The predicted molar refractivity (Wildman–Crippen MR) is 105 cm³/mol. The highest BCUT2D eigenvalue weighted by molar-refractivity contribution is 8.22. The first-order valence-electron chi connectivity index (χ1n) is 7.58. The van der Waals surface area contributed by atoms with Gasteiger partial charge in [-0.3, -0.25) is 4.98 Å². The van der Waals surface area contributed by atoms with Gasteiger partial charge in [0, 0.05) is 41.7 Å². The maximum absolute atomic E-state index is 5.88. The summed E-state index contributed by atoms with van der Waals surface area (Å²) in [5, 5.41) is 12.0. The molecule has 1 N–H and O–H groups in total. The molecule has 3 aromatic rings. The van der Waals surface area contributed by atoms with Gasteiger partial charge >= 0.3 is 0 Å². The fourth-order valence-electron chi connectivity index (χ4n) is 2.02. The van der Waals surface area contributed by atoms with E-state index in [-0.39, 0.29) is 0 Å². The minimum absolute atomic E-state index is 0.494. The molecule has 0 aliphatic rings. The van der Waals surface area contributed by atoms with E-state index in [1.165, 1.54) is 0 Å². The molecule has 0 aliphatic carbocycles. The standard InChI is InChI=1S/C17H15ClN4OS2/c18-14-5-3-13(4-6-14)16-22-21-15(23-16)7-9-25-17(24)20-11-12-2-1-8-19-10-12/h1-6,8,10H,7,9,11H2,(H,20,24). The summed E-state index contributed by atoms with van der Waals surface area (Å²) in [7, 11) is 0. The third-order valence-corrected chi connectivity index (χ3v) is 4.83. The van der Waals surface area contributed by atoms with Crippen molar-refractivity contribution in [2.24, 2.45) is 0 Å². The lowest BCUT2D eigenvalue weighted by Gasteiger charge is -2.06. The van der Waals surface area contributed by atoms with Gasteiger partial charge in [0.1, 0.15) is 4.32 Å². The van der Waals surface area contributed by atoms with Gasteiger partial charge in [-0.15, -0.1) is 10.2 Å². The first-order chi connectivity index (χ1) is 12.2. The summed E-state index contributed by atoms with van der Waals surface area (Å²) in [4.78, 5) is 4.07. The molecule has 8 heteroatoms. The molecular weight excluding hydrogens is 376 g/mol. The van der Waals surface area contributed by atoms with E-state index in [2.05, 4.69) is 20.5 Å². The first kappa shape index (κ1) is 17.8. The van der Waals surface area contributed by atoms with Crippen LogP contribution >= 0.6 is 35.6 Å². The summed E-state index contributed by atoms with van der Waals surface area (Å²) >= 11 is 12.7. The van der Waals surface area contributed by atoms with Crippen LogP contribution in [0.1, 0.15) is 11.5 Å². The Bertz CT molecular complexity index is 824. The molecule has 1 aromatic carbocycles. The minimum atomic E-state index is 0.494. The summed E-state index contributed by atoms with van der Waals surface area (Å²) in [6.45, 7) is 0.668. The van der Waals surface area contributed by atoms with Crippen molar-refractivity contribution in [1.82, 2.24) is 20.5 Å². The Balaban J connectivity index is 1.43. The first-order valence-corrected chi connectivity index (χ1v) is 9.36. The molecular formula is C17H15ClN4OS2. The summed E-state index contributed by atoms with van der Waals surface area (Å²) < 4.78 is 6.41. The molecule has 2 aromatic heterocycles. The van der Waals surface area contributed by atoms with Crippen LogP contribution in [0.15, 0.2) is 53.2 Å². The molecule has 0 radical (unpaired) electrons. The smallest absolute Gasteiger partial charge is 0.247 e. The summed E-state index contributed by atoms with van der Waals surface area (Å²) in [5.74, 6) is 1.85. The molecule has 2 heterocycles. The number of pyridine rings is 1. The lowest BCUT2D eigenvalue weighted by molar-refractivity contribution is 0.514. The van der Waals surface area contributed by atoms with Crippen LogP contribution < -0.4 is 5.32 Å². The van der Waals surface area contributed by atoms with E-state index in [1.807, 2.05) is 30.5 Å². The second-order valence-electron chi connectivity index (χ2n) is 5.11. The van der Waals surface area contributed by atoms with E-state index in [4.69, 9.17) is 28.2 Å². The van der Waals surface area contributed by atoms with Crippen LogP contribution in [0.3, 0.4) is 0 Å². The van der Waals surface area contributed by atoms with E-state index in [1.54, 1.807) is 30.1 Å². The molecule has 0 bridgehead atoms. The lowest BCUT2D eigenvalue weighted by Crippen LogP contribution is -2.18. The number of benzene rings is 1. The van der Waals surface area contributed by atoms with Gasteiger partial charge in [-0.05, 0) is 35.9 Å². The van der Waals surface area contributed by atoms with Gasteiger partial charge in [0.2, 0.25) is 11.8 Å². The summed E-state index contributed by atoms with van der Waals surface area (Å²) in [6.07, 6.45) is 4.22. The monoisotopic (exact) mass is 390 g/mol. The van der Waals surface area contributed by atoms with Crippen LogP contribution in [0.5, 0.6) is 0 Å². The quantitative estimate of drug-likeness (QED) is 0.634. The second kappa shape index (κ2) is 8.94. The second-order valence-corrected chi connectivity index (χ2v) is 7.32. The van der Waals surface area contributed by atoms with Crippen molar-refractivity contribution >= 4 is 39.9 Å². The fraction of sp³-hybridized carbons (Fsp3) is 0.176. The molecule has 0 spiro atoms. The average molecular weight is 391 g/mol. The topological polar surface area (TPSA) is 63.8 Å². The van der Waals surface area contributed by atoms with Crippen molar-refractivity contribution in [2.45, 2.75) is 13.0 Å². The molecule has 5 nitrogen and oxygen atoms in total. The Morgan fingerprint density at radius 3 is 2.80 bits per heavy atom. The van der Waals surface area contributed by atoms with Crippen LogP contribution in [0.2, 0.25) is 5.02 Å². The molecule has 3 rings (SSSR count). The Labute approximate surface area is 160 Å². The number of hydrogen-bond donors (Lipinski definition) is 1. The van der Waals surface area contributed by atoms with E-state index >= 15 is 0 Å². The number of nitrogens with one attached hydrogen (secondary N) is 1. The van der Waals surface area contributed by atoms with Gasteiger partial charge in [0.25, 0.3) is 0 Å². The molecule has 0 unspecified atom stereocenters. The molecule has 0 fully saturated rings. The van der Waals surface area contributed by atoms with Crippen LogP contribution in [-0.2, 0) is 13.0 Å². The third-order valence-electron chi connectivity index (χ3n) is 3.27. The molecule has 0 aliphatic heterocycles. The van der Waals surface area contributed by atoms with Gasteiger partial charge in [-0.1, -0.05) is 41.6 Å². The van der Waals surface area contributed by atoms with Crippen molar-refractivity contribution in [3.8, 4) is 11.5 Å². The average Bonchev–Trinajstić information content (AvgIpc) is 3.10. The number of nitrogens with zero attached hydrogens (tertiary/aromatic N) is 3. The fourth-order valence-corrected chi connectivity index (χ4v) is 3.11. The van der Waals surface area contributed by atoms with Gasteiger partial charge < -0.3 is 9.73 Å². The molecule has 0 saturated carbocycles. The highest BCUT2D eigenvalue weighted by Crippen LogP contribution is 2.20. The largest absolute Gasteiger partial charge is 0.421 e. The number of aromatic nitrogens is 3. The Morgan fingerprint density at radius 1 is 1.20 bits per heavy atom. The van der Waals surface area contributed by atoms with Gasteiger partial charge in [-0.2, -0.15) is 0 Å². The van der Waals surface area contributed by atoms with E-state index < -0.39 is 0 Å². The van der Waals surface area contributed by atoms with Crippen LogP contribution in [0.25, 0.3) is 11.5 Å². The van der Waals surface area contributed by atoms with Gasteiger partial charge in [0.05, 0.1) is 0 Å². The lowest BCUT2D eigenvalue weighted by atomic mass is 10.2. The SMILES string of the molecule is S=C(NCc1cccnc1)SCCc1nnc(-c2ccc(Cl)cc2)o1. The number of halogens is 1. The molecule has 0 amide bonds. The number of thiocarbonyl (C=S) groups is 1. The zero-order chi connectivity index (χ0) is 17.5. The molecule has 128 valence electrons. The Hall–Kier alpha value is -1.96. The number of thioether (sulfide) groups is 1. The van der Waals surface area contributed by atoms with Crippen LogP contribution in [-0.4, -0.2) is 25.3 Å². The third kappa shape index (κ3) is 5.52. The summed E-state index contributed by atoms with van der Waals surface area (Å²) in [6, 6.07) is 11.2. The van der Waals surface area contributed by atoms with Crippen molar-refractivity contribution in [3.05, 3.63) is 65.3 Å². The normalized spacial score (nSPS) is 10.6. The molecule has 25 heavy (non-hydrogen) atoms. The highest BCUT2D eigenvalue weighted by Gasteiger charge is 2.09. The van der Waals surface area contributed by atoms with Gasteiger partial charge in [0.15, 0.2) is 0 Å². The maximum Gasteiger partial charge on any atom is 0.247 e. The maximum atomic E-state index is 5.88. The Kier molecular flexibility index (Phi) is 6.38. The van der Waals surface area contributed by atoms with Crippen LogP contribution in [0, 0.1) is 0 Å². The number of rotatable bonds is 6. The zero-order valence-corrected chi connectivity index (χ0v) is 15.6. The van der Waals surface area contributed by atoms with Crippen LogP contribution in [0.4, 0.5) is 0 Å². The van der Waals surface area contributed by atoms with E-state index in [0.717, 1.165) is 21.2 Å². The molecule has 0 atom stereocenters. The van der Waals surface area contributed by atoms with E-state index in [0.29, 0.717) is 29.8 Å². The van der Waals surface area contributed by atoms with E-state index in [9.17, 15) is 0 Å². The Morgan fingerprint density at radius 2 is 2.04 bits per heavy atom. The van der Waals surface area contributed by atoms with Gasteiger partial charge in [-0.25, -0.2) is 0 Å². The molecule has 0 saturated heterocycles. The van der Waals surface area contributed by atoms with Crippen molar-refractivity contribution in [2.75, 3.05) is 5.75 Å². The highest BCUT2D eigenvalue weighted by atomic mass is 35.5. The van der Waals surface area contributed by atoms with Crippen molar-refractivity contribution < 1.29 is 4.42 Å². The summed E-state index contributed by atoms with van der Waals surface area (Å²) in [5.41, 5.74) is 1.94. The van der Waals surface area contributed by atoms with Crippen molar-refractivity contribution in [3.63, 3.8) is 0 Å². The minimum Gasteiger partial charge on any atom is -0.421 e. The number of hydrogen-bond acceptors (Lipinski definition) is 6. The number of aryl methyl sites for hydroxylation is 1. The predicted octanol–water partition coefficient (Wildman–Crippen LogP) is 4.14. The van der Waals surface area contributed by atoms with Crippen molar-refractivity contribution in [1.29, 1.82) is 0 Å². The zero-order valence-electron chi connectivity index (χ0n) is 13.2.